The Morgan fingerprint density at radius 2 is 1.38 bits per heavy atom. The van der Waals surface area contributed by atoms with Crippen LogP contribution < -0.4 is 0 Å². The number of rotatable bonds is 4. The highest BCUT2D eigenvalue weighted by atomic mass is 79.9. The zero-order valence-electron chi connectivity index (χ0n) is 16.8. The van der Waals surface area contributed by atoms with E-state index in [2.05, 4.69) is 63.7 Å². The summed E-state index contributed by atoms with van der Waals surface area (Å²) in [5, 5.41) is 29.7. The van der Waals surface area contributed by atoms with Crippen LogP contribution >= 0.6 is 63.7 Å². The standard InChI is InChI=1S/C24H12Br4O6/c25-13-5-10(1-3-17(13)29)6-19-20(12-8-15(27)23(32)16(28)9-12)21(24(33)34-19)22(31)11-2-4-18(30)14(26)7-11/h1-9,29-30,32H/b19-6-. The first-order chi connectivity index (χ1) is 16.1. The normalized spacial score (nSPS) is 14.6. The van der Waals surface area contributed by atoms with Crippen molar-refractivity contribution in [3.63, 3.8) is 0 Å². The number of hydrogen-bond donors (Lipinski definition) is 3. The lowest BCUT2D eigenvalue weighted by Gasteiger charge is -2.10. The SMILES string of the molecule is O=C1O/C(=C\c2ccc(O)c(Br)c2)C(c2cc(Br)c(O)c(Br)c2)=C1C(=O)c1ccc(O)c(Br)c1. The number of allylic oxidation sites excluding steroid dienone is 1. The summed E-state index contributed by atoms with van der Waals surface area (Å²) in [5.74, 6) is -1.37. The average Bonchev–Trinajstić information content (AvgIpc) is 3.11. The second-order valence-electron chi connectivity index (χ2n) is 7.14. The maximum atomic E-state index is 13.4. The second-order valence-corrected chi connectivity index (χ2v) is 10.6. The Hall–Kier alpha value is -2.40. The Labute approximate surface area is 227 Å². The van der Waals surface area contributed by atoms with Gasteiger partial charge in [-0.3, -0.25) is 4.79 Å². The van der Waals surface area contributed by atoms with Crippen LogP contribution in [0, 0.1) is 0 Å². The topological polar surface area (TPSA) is 104 Å². The summed E-state index contributed by atoms with van der Waals surface area (Å²) < 4.78 is 6.94. The third-order valence-electron chi connectivity index (χ3n) is 4.92. The van der Waals surface area contributed by atoms with Crippen LogP contribution in [-0.2, 0) is 9.53 Å². The number of Topliss-reactive ketones (excluding diaryl/α,β-unsaturated/α-hetero) is 1. The Kier molecular flexibility index (Phi) is 7.04. The van der Waals surface area contributed by atoms with Gasteiger partial charge in [0.05, 0.1) is 17.9 Å². The van der Waals surface area contributed by atoms with Crippen LogP contribution in [0.5, 0.6) is 17.2 Å². The minimum Gasteiger partial charge on any atom is -0.507 e. The van der Waals surface area contributed by atoms with E-state index < -0.39 is 11.8 Å². The second kappa shape index (κ2) is 9.69. The summed E-state index contributed by atoms with van der Waals surface area (Å²) in [5.41, 5.74) is 1.23. The number of aromatic hydroxyl groups is 3. The zero-order valence-corrected chi connectivity index (χ0v) is 23.1. The van der Waals surface area contributed by atoms with Crippen LogP contribution in [0.3, 0.4) is 0 Å². The molecule has 4 rings (SSSR count). The monoisotopic (exact) mass is 712 g/mol. The molecule has 3 aromatic rings. The minimum atomic E-state index is -0.839. The van der Waals surface area contributed by atoms with Gasteiger partial charge in [0.1, 0.15) is 28.6 Å². The highest BCUT2D eigenvalue weighted by Crippen LogP contribution is 2.42. The molecule has 6 nitrogen and oxygen atoms in total. The van der Waals surface area contributed by atoms with Crippen molar-refractivity contribution >= 4 is 87.1 Å². The molecular formula is C24H12Br4O6. The molecule has 10 heteroatoms. The van der Waals surface area contributed by atoms with Crippen molar-refractivity contribution in [3.8, 4) is 17.2 Å². The number of ketones is 1. The van der Waals surface area contributed by atoms with Gasteiger partial charge in [-0.2, -0.15) is 0 Å². The fourth-order valence-corrected chi connectivity index (χ4v) is 5.25. The predicted molar refractivity (Wildman–Crippen MR) is 140 cm³/mol. The first kappa shape index (κ1) is 24.7. The molecule has 1 aliphatic rings. The summed E-state index contributed by atoms with van der Waals surface area (Å²) in [7, 11) is 0. The van der Waals surface area contributed by atoms with Gasteiger partial charge in [-0.1, -0.05) is 6.07 Å². The molecule has 3 aromatic carbocycles. The number of phenolic OH excluding ortho intramolecular Hbond substituents is 3. The van der Waals surface area contributed by atoms with E-state index in [-0.39, 0.29) is 39.7 Å². The van der Waals surface area contributed by atoms with Gasteiger partial charge < -0.3 is 20.1 Å². The largest absolute Gasteiger partial charge is 0.507 e. The summed E-state index contributed by atoms with van der Waals surface area (Å²) in [6.07, 6.45) is 1.57. The van der Waals surface area contributed by atoms with E-state index in [0.717, 1.165) is 0 Å². The average molecular weight is 716 g/mol. The molecule has 0 saturated heterocycles. The maximum absolute atomic E-state index is 13.4. The molecule has 3 N–H and O–H groups in total. The van der Waals surface area contributed by atoms with Crippen molar-refractivity contribution in [1.29, 1.82) is 0 Å². The summed E-state index contributed by atoms with van der Waals surface area (Å²) in [4.78, 5) is 26.4. The van der Waals surface area contributed by atoms with E-state index in [4.69, 9.17) is 4.74 Å². The van der Waals surface area contributed by atoms with Gasteiger partial charge in [0.15, 0.2) is 0 Å². The Bertz CT molecular complexity index is 1420. The summed E-state index contributed by atoms with van der Waals surface area (Å²) in [6.45, 7) is 0. The lowest BCUT2D eigenvalue weighted by Crippen LogP contribution is -2.11. The van der Waals surface area contributed by atoms with Crippen LogP contribution in [0.15, 0.2) is 77.8 Å². The molecule has 172 valence electrons. The number of hydrogen-bond acceptors (Lipinski definition) is 6. The Balaban J connectivity index is 1.96. The maximum Gasteiger partial charge on any atom is 0.348 e. The third kappa shape index (κ3) is 4.72. The molecule has 1 aliphatic heterocycles. The van der Waals surface area contributed by atoms with Crippen molar-refractivity contribution in [2.75, 3.05) is 0 Å². The number of phenols is 3. The van der Waals surface area contributed by atoms with Gasteiger partial charge >= 0.3 is 5.97 Å². The van der Waals surface area contributed by atoms with Gasteiger partial charge in [-0.25, -0.2) is 4.79 Å². The Morgan fingerprint density at radius 3 is 1.97 bits per heavy atom. The minimum absolute atomic E-state index is 0.0431. The van der Waals surface area contributed by atoms with E-state index in [0.29, 0.717) is 29.0 Å². The summed E-state index contributed by atoms with van der Waals surface area (Å²) >= 11 is 13.0. The van der Waals surface area contributed by atoms with E-state index in [1.54, 1.807) is 30.3 Å². The molecule has 34 heavy (non-hydrogen) atoms. The van der Waals surface area contributed by atoms with Crippen LogP contribution in [0.25, 0.3) is 11.6 Å². The van der Waals surface area contributed by atoms with Crippen LogP contribution in [-0.4, -0.2) is 27.1 Å². The fourth-order valence-electron chi connectivity index (χ4n) is 3.29. The van der Waals surface area contributed by atoms with Crippen LogP contribution in [0.2, 0.25) is 0 Å². The fraction of sp³-hybridized carbons (Fsp3) is 0. The number of carbonyl (C=O) groups excluding carboxylic acids is 2. The van der Waals surface area contributed by atoms with E-state index >= 15 is 0 Å². The number of cyclic esters (lactones) is 1. The number of esters is 1. The molecular weight excluding hydrogens is 704 g/mol. The molecule has 0 amide bonds. The molecule has 0 saturated carbocycles. The lowest BCUT2D eigenvalue weighted by atomic mass is 9.93. The van der Waals surface area contributed by atoms with Gasteiger partial charge in [-0.05, 0) is 123 Å². The van der Waals surface area contributed by atoms with E-state index in [1.165, 1.54) is 24.3 Å². The molecule has 0 aromatic heterocycles. The van der Waals surface area contributed by atoms with E-state index in [9.17, 15) is 24.9 Å². The highest BCUT2D eigenvalue weighted by Gasteiger charge is 2.36. The smallest absolute Gasteiger partial charge is 0.348 e. The first-order valence-electron chi connectivity index (χ1n) is 9.45. The molecule has 0 fully saturated rings. The number of halogens is 4. The van der Waals surface area contributed by atoms with Crippen molar-refractivity contribution < 1.29 is 29.6 Å². The van der Waals surface area contributed by atoms with Crippen LogP contribution in [0.4, 0.5) is 0 Å². The van der Waals surface area contributed by atoms with Crippen molar-refractivity contribution in [2.24, 2.45) is 0 Å². The molecule has 0 aliphatic carbocycles. The van der Waals surface area contributed by atoms with Crippen molar-refractivity contribution in [2.45, 2.75) is 0 Å². The van der Waals surface area contributed by atoms with Crippen molar-refractivity contribution in [1.82, 2.24) is 0 Å². The Morgan fingerprint density at radius 1 is 0.794 bits per heavy atom. The molecule has 0 bridgehead atoms. The number of benzene rings is 3. The van der Waals surface area contributed by atoms with E-state index in [1.807, 2.05) is 0 Å². The lowest BCUT2D eigenvalue weighted by molar-refractivity contribution is -0.132. The molecule has 0 spiro atoms. The molecule has 0 unspecified atom stereocenters. The third-order valence-corrected chi connectivity index (χ3v) is 7.39. The molecule has 1 heterocycles. The zero-order chi connectivity index (χ0) is 24.7. The molecule has 0 atom stereocenters. The molecule has 0 radical (unpaired) electrons. The van der Waals surface area contributed by atoms with Gasteiger partial charge in [0.25, 0.3) is 0 Å². The van der Waals surface area contributed by atoms with Gasteiger partial charge in [0.2, 0.25) is 5.78 Å². The highest BCUT2D eigenvalue weighted by molar-refractivity contribution is 9.11. The number of carbonyl (C=O) groups is 2. The van der Waals surface area contributed by atoms with Gasteiger partial charge in [0, 0.05) is 11.1 Å². The quantitative estimate of drug-likeness (QED) is 0.152. The van der Waals surface area contributed by atoms with Crippen LogP contribution in [0.1, 0.15) is 21.5 Å². The summed E-state index contributed by atoms with van der Waals surface area (Å²) in [6, 6.07) is 12.0. The van der Waals surface area contributed by atoms with Crippen molar-refractivity contribution in [3.05, 3.63) is 94.4 Å². The predicted octanol–water partition coefficient (Wildman–Crippen LogP) is 7.09. The first-order valence-corrected chi connectivity index (χ1v) is 12.6. The van der Waals surface area contributed by atoms with Gasteiger partial charge in [-0.15, -0.1) is 0 Å². The number of ether oxygens (including phenoxy) is 1.